The molecule has 0 bridgehead atoms. The van der Waals surface area contributed by atoms with Crippen LogP contribution >= 0.6 is 22.6 Å². The summed E-state index contributed by atoms with van der Waals surface area (Å²) in [6.45, 7) is -0.164. The van der Waals surface area contributed by atoms with Crippen LogP contribution < -0.4 is 10.1 Å². The number of rotatable bonds is 9. The summed E-state index contributed by atoms with van der Waals surface area (Å²) in [5.41, 5.74) is 0.677. The van der Waals surface area contributed by atoms with Crippen molar-refractivity contribution in [3.63, 3.8) is 0 Å². The monoisotopic (exact) mass is 594 g/mol. The maximum Gasteiger partial charge on any atom is 0.247 e. The van der Waals surface area contributed by atoms with E-state index >= 15 is 0 Å². The Bertz CT molecular complexity index is 1110. The van der Waals surface area contributed by atoms with Gasteiger partial charge >= 0.3 is 0 Å². The number of aliphatic hydroxyl groups excluding tert-OH is 2. The van der Waals surface area contributed by atoms with E-state index < -0.39 is 30.0 Å². The van der Waals surface area contributed by atoms with Crippen molar-refractivity contribution in [2.75, 3.05) is 13.2 Å². The molecule has 3 N–H and O–H groups in total. The first kappa shape index (κ1) is 25.6. The number of carbonyl (C=O) groups is 2. The predicted octanol–water partition coefficient (Wildman–Crippen LogP) is 2.78. The van der Waals surface area contributed by atoms with Crippen molar-refractivity contribution >= 4 is 34.4 Å². The third-order valence-corrected chi connectivity index (χ3v) is 7.11. The van der Waals surface area contributed by atoms with Gasteiger partial charge in [0.1, 0.15) is 23.8 Å². The van der Waals surface area contributed by atoms with E-state index in [-0.39, 0.29) is 37.9 Å². The molecule has 1 saturated carbocycles. The Morgan fingerprint density at radius 3 is 2.54 bits per heavy atom. The highest BCUT2D eigenvalue weighted by Crippen LogP contribution is 2.36. The lowest BCUT2D eigenvalue weighted by atomic mass is 9.87. The van der Waals surface area contributed by atoms with Gasteiger partial charge in [-0.05, 0) is 59.7 Å². The Labute approximate surface area is 217 Å². The van der Waals surface area contributed by atoms with Crippen molar-refractivity contribution in [3.8, 4) is 5.75 Å². The minimum atomic E-state index is -1.14. The average Bonchev–Trinajstić information content (AvgIpc) is 3.70. The molecule has 0 aliphatic heterocycles. The summed E-state index contributed by atoms with van der Waals surface area (Å²) < 4.78 is 21.5. The molecule has 0 aromatic heterocycles. The Hall–Kier alpha value is -2.50. The Balaban J connectivity index is 1.67. The van der Waals surface area contributed by atoms with Crippen molar-refractivity contribution in [2.45, 2.75) is 44.1 Å². The minimum absolute atomic E-state index is 0.0230. The van der Waals surface area contributed by atoms with E-state index in [1.807, 2.05) is 18.2 Å². The van der Waals surface area contributed by atoms with Gasteiger partial charge in [-0.25, -0.2) is 4.39 Å². The lowest BCUT2D eigenvalue weighted by Crippen LogP contribution is -2.55. The van der Waals surface area contributed by atoms with Gasteiger partial charge in [0, 0.05) is 36.6 Å². The molecule has 35 heavy (non-hydrogen) atoms. The predicted molar refractivity (Wildman–Crippen MR) is 136 cm³/mol. The molecule has 0 heterocycles. The van der Waals surface area contributed by atoms with E-state index in [1.54, 1.807) is 30.3 Å². The number of nitrogens with one attached hydrogen (secondary N) is 1. The molecular formula is C26H28FIN2O5. The number of para-hydroxylation sites is 1. The largest absolute Gasteiger partial charge is 0.482 e. The van der Waals surface area contributed by atoms with E-state index in [4.69, 9.17) is 9.84 Å². The number of hydrogen-bond donors (Lipinski definition) is 3. The summed E-state index contributed by atoms with van der Waals surface area (Å²) in [5, 5.41) is 23.1. The zero-order chi connectivity index (χ0) is 24.9. The number of carbonyl (C=O) groups excluding carboxylic acids is 2. The van der Waals surface area contributed by atoms with Crippen LogP contribution in [0.4, 0.5) is 4.39 Å². The van der Waals surface area contributed by atoms with Gasteiger partial charge in [0.2, 0.25) is 11.8 Å². The number of hydrogen-bond acceptors (Lipinski definition) is 5. The summed E-state index contributed by atoms with van der Waals surface area (Å²) in [7, 11) is 0. The van der Waals surface area contributed by atoms with Gasteiger partial charge in [0.25, 0.3) is 0 Å². The van der Waals surface area contributed by atoms with E-state index in [2.05, 4.69) is 27.9 Å². The number of ether oxygens (including phenoxy) is 1. The molecule has 3 atom stereocenters. The molecule has 2 aromatic carbocycles. The average molecular weight is 594 g/mol. The number of halogens is 2. The first-order chi connectivity index (χ1) is 16.9. The molecule has 2 aromatic rings. The fourth-order valence-electron chi connectivity index (χ4n) is 4.20. The van der Waals surface area contributed by atoms with Crippen LogP contribution in [-0.2, 0) is 16.1 Å². The second-order valence-electron chi connectivity index (χ2n) is 8.78. The second kappa shape index (κ2) is 11.5. The molecule has 2 amide bonds. The van der Waals surface area contributed by atoms with Gasteiger partial charge in [0.05, 0.1) is 16.2 Å². The minimum Gasteiger partial charge on any atom is -0.482 e. The van der Waals surface area contributed by atoms with Crippen LogP contribution in [-0.4, -0.2) is 58.3 Å². The van der Waals surface area contributed by atoms with Crippen molar-refractivity contribution in [3.05, 3.63) is 75.1 Å². The third kappa shape index (κ3) is 6.20. The molecule has 7 nitrogen and oxygen atoms in total. The Morgan fingerprint density at radius 1 is 1.14 bits per heavy atom. The number of benzene rings is 2. The van der Waals surface area contributed by atoms with Gasteiger partial charge in [-0.2, -0.15) is 0 Å². The number of nitrogens with zero attached hydrogens (tertiary/aromatic N) is 1. The summed E-state index contributed by atoms with van der Waals surface area (Å²) in [6.07, 6.45) is 1.09. The van der Waals surface area contributed by atoms with Crippen molar-refractivity contribution in [2.24, 2.45) is 5.92 Å². The van der Waals surface area contributed by atoms with Crippen molar-refractivity contribution < 1.29 is 28.9 Å². The third-order valence-electron chi connectivity index (χ3n) is 6.22. The highest BCUT2D eigenvalue weighted by atomic mass is 127. The quantitative estimate of drug-likeness (QED) is 0.388. The van der Waals surface area contributed by atoms with Crippen LogP contribution in [0.2, 0.25) is 0 Å². The summed E-state index contributed by atoms with van der Waals surface area (Å²) in [4.78, 5) is 27.7. The van der Waals surface area contributed by atoms with Gasteiger partial charge in [-0.3, -0.25) is 9.59 Å². The Kier molecular flexibility index (Phi) is 8.40. The molecule has 3 unspecified atom stereocenters. The first-order valence-corrected chi connectivity index (χ1v) is 12.7. The summed E-state index contributed by atoms with van der Waals surface area (Å²) in [5.74, 6) is -0.631. The zero-order valence-corrected chi connectivity index (χ0v) is 21.2. The van der Waals surface area contributed by atoms with Crippen LogP contribution in [0.15, 0.2) is 60.2 Å². The van der Waals surface area contributed by atoms with Gasteiger partial charge in [-0.1, -0.05) is 30.3 Å². The first-order valence-electron chi connectivity index (χ1n) is 11.6. The van der Waals surface area contributed by atoms with Crippen LogP contribution in [0.25, 0.3) is 0 Å². The van der Waals surface area contributed by atoms with Gasteiger partial charge in [0.15, 0.2) is 0 Å². The second-order valence-corrected chi connectivity index (χ2v) is 9.94. The maximum atomic E-state index is 14.5. The molecule has 0 saturated heterocycles. The van der Waals surface area contributed by atoms with E-state index in [9.17, 15) is 19.1 Å². The van der Waals surface area contributed by atoms with E-state index in [1.165, 1.54) is 11.0 Å². The van der Waals surface area contributed by atoms with E-state index in [0.717, 1.165) is 16.4 Å². The van der Waals surface area contributed by atoms with Crippen LogP contribution in [0, 0.1) is 15.3 Å². The molecule has 0 spiro atoms. The molecule has 2 aliphatic carbocycles. The Morgan fingerprint density at radius 2 is 1.86 bits per heavy atom. The van der Waals surface area contributed by atoms with Gasteiger partial charge in [-0.15, -0.1) is 0 Å². The van der Waals surface area contributed by atoms with Crippen LogP contribution in [0.3, 0.4) is 0 Å². The van der Waals surface area contributed by atoms with Crippen LogP contribution in [0.1, 0.15) is 24.8 Å². The van der Waals surface area contributed by atoms with E-state index in [0.29, 0.717) is 16.9 Å². The molecule has 9 heteroatoms. The van der Waals surface area contributed by atoms with Crippen molar-refractivity contribution in [1.29, 1.82) is 0 Å². The smallest absolute Gasteiger partial charge is 0.247 e. The lowest BCUT2D eigenvalue weighted by molar-refractivity contribution is -0.140. The highest BCUT2D eigenvalue weighted by molar-refractivity contribution is 14.1. The van der Waals surface area contributed by atoms with Crippen LogP contribution in [0.5, 0.6) is 5.75 Å². The summed E-state index contributed by atoms with van der Waals surface area (Å²) >= 11 is 2.12. The topological polar surface area (TPSA) is 99.1 Å². The fraction of sp³-hybridized carbons (Fsp3) is 0.385. The zero-order valence-electron chi connectivity index (χ0n) is 19.1. The normalized spacial score (nSPS) is 21.7. The van der Waals surface area contributed by atoms with Crippen molar-refractivity contribution in [1.82, 2.24) is 10.2 Å². The summed E-state index contributed by atoms with van der Waals surface area (Å²) in [6, 6.07) is 12.7. The number of aliphatic hydroxyl groups is 2. The highest BCUT2D eigenvalue weighted by Gasteiger charge is 2.44. The molecule has 4 rings (SSSR count). The number of amides is 2. The molecule has 2 aliphatic rings. The fourth-order valence-corrected chi connectivity index (χ4v) is 4.71. The lowest BCUT2D eigenvalue weighted by Gasteiger charge is -2.40. The SMILES string of the molecule is O=C(NCCO)C1=CC(Oc2ccccc2I)C(O)C(N(Cc2ccccc2F)C(=O)C2CC2)C1. The maximum absolute atomic E-state index is 14.5. The molecular weight excluding hydrogens is 566 g/mol. The molecule has 0 radical (unpaired) electrons. The van der Waals surface area contributed by atoms with Gasteiger partial charge < -0.3 is 25.2 Å². The standard InChI is InChI=1S/C26H28FIN2O5/c27-19-6-2-1-5-17(19)15-30(26(34)16-9-10-16)21-13-18(25(33)29-11-12-31)14-23(24(21)32)35-22-8-4-3-7-20(22)28/h1-8,14,16,21,23-24,31-32H,9-13,15H2,(H,29,33). The molecule has 186 valence electrons. The molecule has 1 fully saturated rings.